The van der Waals surface area contributed by atoms with Gasteiger partial charge in [-0.2, -0.15) is 0 Å². The second-order valence-corrected chi connectivity index (χ2v) is 11.8. The molecule has 3 fully saturated rings. The molecule has 1 saturated carbocycles. The van der Waals surface area contributed by atoms with Crippen LogP contribution in [-0.4, -0.2) is 76.5 Å². The van der Waals surface area contributed by atoms with Gasteiger partial charge in [0.2, 0.25) is 11.8 Å². The van der Waals surface area contributed by atoms with Crippen molar-refractivity contribution in [3.05, 3.63) is 59.7 Å². The summed E-state index contributed by atoms with van der Waals surface area (Å²) in [5.74, 6) is 1.13. The number of likely N-dealkylation sites (tertiary alicyclic amines) is 1. The van der Waals surface area contributed by atoms with Crippen molar-refractivity contribution in [3.8, 4) is 11.5 Å². The summed E-state index contributed by atoms with van der Waals surface area (Å²) in [5.41, 5.74) is 0.0841. The number of carbonyl (C=O) groups is 3. The van der Waals surface area contributed by atoms with Crippen molar-refractivity contribution in [2.75, 3.05) is 26.7 Å². The van der Waals surface area contributed by atoms with Gasteiger partial charge in [-0.05, 0) is 80.5 Å². The zero-order valence-electron chi connectivity index (χ0n) is 24.2. The first kappa shape index (κ1) is 29.1. The summed E-state index contributed by atoms with van der Waals surface area (Å²) < 4.78 is 5.94. The van der Waals surface area contributed by atoms with Gasteiger partial charge in [0.15, 0.2) is 0 Å². The Bertz CT molecular complexity index is 1230. The molecule has 0 unspecified atom stereocenters. The Morgan fingerprint density at radius 1 is 1.02 bits per heavy atom. The smallest absolute Gasteiger partial charge is 0.251 e. The number of nitrogens with one attached hydrogen (secondary N) is 2. The minimum Gasteiger partial charge on any atom is -0.457 e. The van der Waals surface area contributed by atoms with E-state index in [1.54, 1.807) is 31.3 Å². The average molecular weight is 563 g/mol. The van der Waals surface area contributed by atoms with Gasteiger partial charge in [-0.1, -0.05) is 25.5 Å². The molecule has 9 heteroatoms. The molecule has 0 radical (unpaired) electrons. The van der Waals surface area contributed by atoms with Crippen molar-refractivity contribution in [2.45, 2.75) is 82.0 Å². The molecule has 220 valence electrons. The van der Waals surface area contributed by atoms with Crippen LogP contribution >= 0.6 is 0 Å². The van der Waals surface area contributed by atoms with E-state index in [-0.39, 0.29) is 17.7 Å². The van der Waals surface area contributed by atoms with E-state index in [1.807, 2.05) is 29.2 Å². The predicted octanol–water partition coefficient (Wildman–Crippen LogP) is 3.61. The van der Waals surface area contributed by atoms with E-state index >= 15 is 0 Å². The van der Waals surface area contributed by atoms with E-state index in [9.17, 15) is 19.5 Å². The lowest BCUT2D eigenvalue weighted by Crippen LogP contribution is -2.73. The Labute approximate surface area is 242 Å². The van der Waals surface area contributed by atoms with Crippen molar-refractivity contribution in [1.82, 2.24) is 20.4 Å². The molecule has 0 bridgehead atoms. The summed E-state index contributed by atoms with van der Waals surface area (Å²) in [6.07, 6.45) is 5.66. The van der Waals surface area contributed by atoms with E-state index in [4.69, 9.17) is 4.74 Å². The lowest BCUT2D eigenvalue weighted by atomic mass is 9.74. The Hall–Kier alpha value is -3.43. The number of ether oxygens (including phenoxy) is 1. The van der Waals surface area contributed by atoms with Crippen LogP contribution in [0.3, 0.4) is 0 Å². The molecule has 3 amide bonds. The standard InChI is InChI=1S/C32H42N4O5/c1-3-4-18-36-29(38)27(21-31(40)14-5-15-31)34-30(39)32(36)16-19-35(20-17-32)22-23-6-10-25(11-7-23)41-26-12-8-24(9-13-26)28(37)33-2/h6-13,27,40H,3-5,14-22H2,1-2H3,(H,33,37)(H,34,39)/t27-/m1/s1. The molecule has 2 saturated heterocycles. The minimum atomic E-state index is -0.824. The molecule has 2 aromatic rings. The van der Waals surface area contributed by atoms with Crippen LogP contribution in [0.4, 0.5) is 0 Å². The fourth-order valence-corrected chi connectivity index (χ4v) is 6.28. The maximum absolute atomic E-state index is 13.6. The number of hydrogen-bond acceptors (Lipinski definition) is 6. The van der Waals surface area contributed by atoms with E-state index in [2.05, 4.69) is 22.5 Å². The predicted molar refractivity (Wildman–Crippen MR) is 156 cm³/mol. The van der Waals surface area contributed by atoms with Gasteiger partial charge >= 0.3 is 0 Å². The molecular weight excluding hydrogens is 520 g/mol. The number of nitrogens with zero attached hydrogens (tertiary/aromatic N) is 2. The molecule has 5 rings (SSSR count). The quantitative estimate of drug-likeness (QED) is 0.408. The third kappa shape index (κ3) is 6.26. The normalized spacial score (nSPS) is 21.7. The molecule has 41 heavy (non-hydrogen) atoms. The molecular formula is C32H42N4O5. The van der Waals surface area contributed by atoms with Crippen LogP contribution in [0.15, 0.2) is 48.5 Å². The number of piperidine rings is 1. The van der Waals surface area contributed by atoms with Crippen LogP contribution in [-0.2, 0) is 16.1 Å². The number of amides is 3. The van der Waals surface area contributed by atoms with Gasteiger partial charge in [-0.15, -0.1) is 0 Å². The topological polar surface area (TPSA) is 111 Å². The molecule has 2 aliphatic heterocycles. The highest BCUT2D eigenvalue weighted by Crippen LogP contribution is 2.39. The molecule has 2 aromatic carbocycles. The number of unbranched alkanes of at least 4 members (excludes halogenated alkanes) is 1. The molecule has 1 aliphatic carbocycles. The fourth-order valence-electron chi connectivity index (χ4n) is 6.28. The van der Waals surface area contributed by atoms with Crippen LogP contribution in [0.2, 0.25) is 0 Å². The van der Waals surface area contributed by atoms with Crippen LogP contribution in [0.5, 0.6) is 11.5 Å². The molecule has 3 N–H and O–H groups in total. The Balaban J connectivity index is 1.18. The highest BCUT2D eigenvalue weighted by molar-refractivity contribution is 6.00. The summed E-state index contributed by atoms with van der Waals surface area (Å²) in [7, 11) is 1.60. The number of hydrogen-bond donors (Lipinski definition) is 3. The molecule has 9 nitrogen and oxygen atoms in total. The van der Waals surface area contributed by atoms with Gasteiger partial charge in [0.25, 0.3) is 5.91 Å². The first-order valence-electron chi connectivity index (χ1n) is 14.9. The summed E-state index contributed by atoms with van der Waals surface area (Å²) in [6.45, 7) is 4.85. The van der Waals surface area contributed by atoms with E-state index in [0.29, 0.717) is 68.8 Å². The summed E-state index contributed by atoms with van der Waals surface area (Å²) in [5, 5.41) is 16.3. The van der Waals surface area contributed by atoms with Gasteiger partial charge in [0, 0.05) is 45.2 Å². The molecule has 2 heterocycles. The summed E-state index contributed by atoms with van der Waals surface area (Å²) in [4.78, 5) is 43.1. The number of aliphatic hydroxyl groups is 1. The second-order valence-electron chi connectivity index (χ2n) is 11.8. The maximum atomic E-state index is 13.6. The van der Waals surface area contributed by atoms with Crippen molar-refractivity contribution in [1.29, 1.82) is 0 Å². The van der Waals surface area contributed by atoms with Crippen molar-refractivity contribution in [3.63, 3.8) is 0 Å². The highest BCUT2D eigenvalue weighted by Gasteiger charge is 2.54. The number of piperazine rings is 1. The van der Waals surface area contributed by atoms with Gasteiger partial charge in [0.05, 0.1) is 5.60 Å². The van der Waals surface area contributed by atoms with E-state index in [0.717, 1.165) is 31.4 Å². The summed E-state index contributed by atoms with van der Waals surface area (Å²) in [6, 6.07) is 14.3. The minimum absolute atomic E-state index is 0.0364. The van der Waals surface area contributed by atoms with Crippen LogP contribution in [0.25, 0.3) is 0 Å². The van der Waals surface area contributed by atoms with Crippen molar-refractivity contribution < 1.29 is 24.2 Å². The van der Waals surface area contributed by atoms with Crippen LogP contribution < -0.4 is 15.4 Å². The third-order valence-electron chi connectivity index (χ3n) is 9.00. The lowest BCUT2D eigenvalue weighted by Gasteiger charge is -2.52. The Morgan fingerprint density at radius 3 is 2.22 bits per heavy atom. The Morgan fingerprint density at radius 2 is 1.66 bits per heavy atom. The SMILES string of the molecule is CCCCN1C(=O)[C@@H](CC2(O)CCC2)NC(=O)C12CCN(Cc1ccc(Oc3ccc(C(=O)NC)cc3)cc1)CC2. The maximum Gasteiger partial charge on any atom is 0.251 e. The van der Waals surface area contributed by atoms with Gasteiger partial charge < -0.3 is 25.4 Å². The second kappa shape index (κ2) is 12.2. The van der Waals surface area contributed by atoms with E-state index in [1.165, 1.54) is 0 Å². The van der Waals surface area contributed by atoms with Crippen molar-refractivity contribution in [2.24, 2.45) is 0 Å². The fraction of sp³-hybridized carbons (Fsp3) is 0.531. The zero-order valence-corrected chi connectivity index (χ0v) is 24.2. The number of benzene rings is 2. The third-order valence-corrected chi connectivity index (χ3v) is 9.00. The number of rotatable bonds is 10. The first-order valence-corrected chi connectivity index (χ1v) is 14.9. The average Bonchev–Trinajstić information content (AvgIpc) is 2.97. The monoisotopic (exact) mass is 562 g/mol. The van der Waals surface area contributed by atoms with Gasteiger partial charge in [-0.25, -0.2) is 0 Å². The van der Waals surface area contributed by atoms with Gasteiger partial charge in [0.1, 0.15) is 23.1 Å². The van der Waals surface area contributed by atoms with Crippen LogP contribution in [0.1, 0.15) is 74.2 Å². The number of carbonyl (C=O) groups excluding carboxylic acids is 3. The highest BCUT2D eigenvalue weighted by atomic mass is 16.5. The zero-order chi connectivity index (χ0) is 29.0. The molecule has 3 aliphatic rings. The largest absolute Gasteiger partial charge is 0.457 e. The first-order chi connectivity index (χ1) is 19.7. The lowest BCUT2D eigenvalue weighted by molar-refractivity contribution is -0.164. The van der Waals surface area contributed by atoms with Gasteiger partial charge in [-0.3, -0.25) is 19.3 Å². The summed E-state index contributed by atoms with van der Waals surface area (Å²) >= 11 is 0. The van der Waals surface area contributed by atoms with E-state index < -0.39 is 17.2 Å². The molecule has 1 atom stereocenters. The molecule has 1 spiro atoms. The van der Waals surface area contributed by atoms with Crippen LogP contribution in [0, 0.1) is 0 Å². The Kier molecular flexibility index (Phi) is 8.66. The molecule has 0 aromatic heterocycles. The van der Waals surface area contributed by atoms with Crippen molar-refractivity contribution >= 4 is 17.7 Å².